The molecular weight excluding hydrogens is 280 g/mol. The number of anilines is 1. The van der Waals surface area contributed by atoms with Crippen LogP contribution in [-0.2, 0) is 6.42 Å². The summed E-state index contributed by atoms with van der Waals surface area (Å²) in [4.78, 5) is 3.69. The molecule has 1 aromatic heterocycles. The first kappa shape index (κ1) is 15.9. The van der Waals surface area contributed by atoms with E-state index in [4.69, 9.17) is 10.5 Å². The lowest BCUT2D eigenvalue weighted by Crippen LogP contribution is -2.32. The van der Waals surface area contributed by atoms with Gasteiger partial charge in [-0.3, -0.25) is 0 Å². The summed E-state index contributed by atoms with van der Waals surface area (Å²) < 4.78 is 5.48. The molecule has 2 atom stereocenters. The van der Waals surface area contributed by atoms with Crippen molar-refractivity contribution >= 4 is 17.0 Å². The van der Waals surface area contributed by atoms with Crippen molar-refractivity contribution in [1.82, 2.24) is 0 Å². The van der Waals surface area contributed by atoms with Crippen LogP contribution >= 0.6 is 11.3 Å². The summed E-state index contributed by atoms with van der Waals surface area (Å²) in [6.45, 7) is 4.24. The standard InChI is InChI=1S/C17H24N2OS/c1-12(11-14-7-6-10-21-14)19(3)15-8-5-9-16(20-4)17(15)13(2)18/h5-10,12-13H,11,18H2,1-4H3/t12?,13-/m0/s1. The van der Waals surface area contributed by atoms with Crippen LogP contribution in [-0.4, -0.2) is 20.2 Å². The van der Waals surface area contributed by atoms with E-state index in [9.17, 15) is 0 Å². The molecule has 0 radical (unpaired) electrons. The van der Waals surface area contributed by atoms with Crippen molar-refractivity contribution in [2.75, 3.05) is 19.1 Å². The zero-order chi connectivity index (χ0) is 15.4. The molecule has 3 nitrogen and oxygen atoms in total. The lowest BCUT2D eigenvalue weighted by Gasteiger charge is -2.30. The van der Waals surface area contributed by atoms with Gasteiger partial charge in [0.05, 0.1) is 7.11 Å². The highest BCUT2D eigenvalue weighted by molar-refractivity contribution is 7.09. The van der Waals surface area contributed by atoms with Crippen LogP contribution in [0, 0.1) is 0 Å². The molecule has 114 valence electrons. The fourth-order valence-electron chi connectivity index (χ4n) is 2.57. The molecule has 2 aromatic rings. The Kier molecular flexibility index (Phi) is 5.26. The maximum atomic E-state index is 6.16. The number of ether oxygens (including phenoxy) is 1. The molecule has 2 rings (SSSR count). The van der Waals surface area contributed by atoms with Crippen molar-refractivity contribution in [2.24, 2.45) is 5.73 Å². The van der Waals surface area contributed by atoms with Gasteiger partial charge in [-0.25, -0.2) is 0 Å². The summed E-state index contributed by atoms with van der Waals surface area (Å²) in [6.07, 6.45) is 1.03. The summed E-state index contributed by atoms with van der Waals surface area (Å²) >= 11 is 1.81. The average Bonchev–Trinajstić information content (AvgIpc) is 2.98. The molecule has 0 aliphatic carbocycles. The van der Waals surface area contributed by atoms with E-state index in [0.717, 1.165) is 23.4 Å². The van der Waals surface area contributed by atoms with Crippen molar-refractivity contribution in [3.63, 3.8) is 0 Å². The zero-order valence-electron chi connectivity index (χ0n) is 13.2. The molecule has 0 bridgehead atoms. The van der Waals surface area contributed by atoms with Crippen molar-refractivity contribution in [3.05, 3.63) is 46.2 Å². The topological polar surface area (TPSA) is 38.5 Å². The molecule has 0 spiro atoms. The minimum Gasteiger partial charge on any atom is -0.496 e. The highest BCUT2D eigenvalue weighted by Crippen LogP contribution is 2.34. The first-order valence-corrected chi connectivity index (χ1v) is 8.10. The van der Waals surface area contributed by atoms with Gasteiger partial charge in [-0.2, -0.15) is 0 Å². The van der Waals surface area contributed by atoms with E-state index in [1.54, 1.807) is 18.4 Å². The minimum absolute atomic E-state index is 0.0625. The molecule has 0 saturated carbocycles. The van der Waals surface area contributed by atoms with E-state index in [2.05, 4.69) is 42.5 Å². The molecule has 0 amide bonds. The second-order valence-electron chi connectivity index (χ2n) is 5.43. The fourth-order valence-corrected chi connectivity index (χ4v) is 3.40. The van der Waals surface area contributed by atoms with Gasteiger partial charge in [0, 0.05) is 41.7 Å². The molecular formula is C17H24N2OS. The van der Waals surface area contributed by atoms with Crippen LogP contribution < -0.4 is 15.4 Å². The highest BCUT2D eigenvalue weighted by atomic mass is 32.1. The normalized spacial score (nSPS) is 13.8. The zero-order valence-corrected chi connectivity index (χ0v) is 14.0. The number of likely N-dealkylation sites (N-methyl/N-ethyl adjacent to an activating group) is 1. The Morgan fingerprint density at radius 2 is 2.00 bits per heavy atom. The molecule has 21 heavy (non-hydrogen) atoms. The Morgan fingerprint density at radius 3 is 2.57 bits per heavy atom. The van der Waals surface area contributed by atoms with E-state index in [1.165, 1.54) is 4.88 Å². The van der Waals surface area contributed by atoms with Gasteiger partial charge in [0.1, 0.15) is 5.75 Å². The second-order valence-corrected chi connectivity index (χ2v) is 6.46. The first-order chi connectivity index (χ1) is 10.0. The third kappa shape index (κ3) is 3.57. The van der Waals surface area contributed by atoms with Crippen molar-refractivity contribution in [3.8, 4) is 5.75 Å². The van der Waals surface area contributed by atoms with Crippen LogP contribution in [0.25, 0.3) is 0 Å². The molecule has 4 heteroatoms. The number of methoxy groups -OCH3 is 1. The fraction of sp³-hybridized carbons (Fsp3) is 0.412. The van der Waals surface area contributed by atoms with Crippen LogP contribution in [0.5, 0.6) is 5.75 Å². The summed E-state index contributed by atoms with van der Waals surface area (Å²) in [6, 6.07) is 10.7. The van der Waals surface area contributed by atoms with Gasteiger partial charge in [-0.05, 0) is 37.4 Å². The van der Waals surface area contributed by atoms with Crippen molar-refractivity contribution in [2.45, 2.75) is 32.4 Å². The molecule has 0 fully saturated rings. The Balaban J connectivity index is 2.27. The van der Waals surface area contributed by atoms with Crippen LogP contribution in [0.15, 0.2) is 35.7 Å². The van der Waals surface area contributed by atoms with Gasteiger partial charge in [-0.15, -0.1) is 11.3 Å². The SMILES string of the molecule is COc1cccc(N(C)C(C)Cc2cccs2)c1[C@H](C)N. The van der Waals surface area contributed by atoms with E-state index in [1.807, 2.05) is 19.1 Å². The van der Waals surface area contributed by atoms with Gasteiger partial charge in [-0.1, -0.05) is 12.1 Å². The molecule has 0 aliphatic heterocycles. The number of nitrogens with zero attached hydrogens (tertiary/aromatic N) is 1. The molecule has 2 N–H and O–H groups in total. The maximum absolute atomic E-state index is 6.16. The summed E-state index contributed by atoms with van der Waals surface area (Å²) in [5, 5.41) is 2.13. The Bertz CT molecular complexity index is 566. The van der Waals surface area contributed by atoms with E-state index < -0.39 is 0 Å². The van der Waals surface area contributed by atoms with Crippen LogP contribution in [0.1, 0.15) is 30.3 Å². The number of hydrogen-bond acceptors (Lipinski definition) is 4. The number of rotatable bonds is 6. The van der Waals surface area contributed by atoms with Gasteiger partial charge in [0.15, 0.2) is 0 Å². The largest absolute Gasteiger partial charge is 0.496 e. The van der Waals surface area contributed by atoms with Crippen LogP contribution in [0.4, 0.5) is 5.69 Å². The predicted molar refractivity (Wildman–Crippen MR) is 91.5 cm³/mol. The van der Waals surface area contributed by atoms with E-state index in [-0.39, 0.29) is 6.04 Å². The van der Waals surface area contributed by atoms with Gasteiger partial charge < -0.3 is 15.4 Å². The van der Waals surface area contributed by atoms with Crippen molar-refractivity contribution in [1.29, 1.82) is 0 Å². The van der Waals surface area contributed by atoms with Gasteiger partial charge in [0.25, 0.3) is 0 Å². The van der Waals surface area contributed by atoms with E-state index >= 15 is 0 Å². The molecule has 0 saturated heterocycles. The molecule has 0 aliphatic rings. The first-order valence-electron chi connectivity index (χ1n) is 7.22. The maximum Gasteiger partial charge on any atom is 0.125 e. The molecule has 1 heterocycles. The number of benzene rings is 1. The third-order valence-corrected chi connectivity index (χ3v) is 4.73. The molecule has 1 unspecified atom stereocenters. The smallest absolute Gasteiger partial charge is 0.125 e. The second kappa shape index (κ2) is 6.96. The highest BCUT2D eigenvalue weighted by Gasteiger charge is 2.19. The van der Waals surface area contributed by atoms with Crippen LogP contribution in [0.3, 0.4) is 0 Å². The van der Waals surface area contributed by atoms with Gasteiger partial charge in [0.2, 0.25) is 0 Å². The summed E-state index contributed by atoms with van der Waals surface area (Å²) in [5.41, 5.74) is 8.38. The van der Waals surface area contributed by atoms with E-state index in [0.29, 0.717) is 6.04 Å². The number of thiophene rings is 1. The number of nitrogens with two attached hydrogens (primary N) is 1. The van der Waals surface area contributed by atoms with Gasteiger partial charge >= 0.3 is 0 Å². The van der Waals surface area contributed by atoms with Crippen molar-refractivity contribution < 1.29 is 4.74 Å². The third-order valence-electron chi connectivity index (χ3n) is 3.84. The summed E-state index contributed by atoms with van der Waals surface area (Å²) in [5.74, 6) is 0.859. The minimum atomic E-state index is -0.0625. The summed E-state index contributed by atoms with van der Waals surface area (Å²) in [7, 11) is 3.82. The predicted octanol–water partition coefficient (Wildman–Crippen LogP) is 3.84. The Morgan fingerprint density at radius 1 is 1.24 bits per heavy atom. The lowest BCUT2D eigenvalue weighted by atomic mass is 10.0. The Hall–Kier alpha value is -1.52. The Labute approximate surface area is 131 Å². The lowest BCUT2D eigenvalue weighted by molar-refractivity contribution is 0.407. The average molecular weight is 304 g/mol. The molecule has 1 aromatic carbocycles. The monoisotopic (exact) mass is 304 g/mol. The number of hydrogen-bond donors (Lipinski definition) is 1. The van der Waals surface area contributed by atoms with Crippen LogP contribution in [0.2, 0.25) is 0 Å². The quantitative estimate of drug-likeness (QED) is 0.881.